The number of nitrogens with two attached hydrogens (primary N) is 1. The first-order chi connectivity index (χ1) is 22.4. The first-order valence-corrected chi connectivity index (χ1v) is 16.8. The van der Waals surface area contributed by atoms with E-state index in [-0.39, 0.29) is 35.3 Å². The fraction of sp³-hybridized carbons (Fsp3) is 0.649. The number of aliphatic hydroxyl groups is 1. The van der Waals surface area contributed by atoms with Crippen LogP contribution in [0.2, 0.25) is 0 Å². The number of hydrogen-bond donors (Lipinski definition) is 3. The lowest BCUT2D eigenvalue weighted by molar-refractivity contribution is -0.274. The number of carbonyl (C=O) groups is 1. The Balaban J connectivity index is 1.99. The first-order valence-electron chi connectivity index (χ1n) is 16.8. The standard InChI is InChI=1S/C37H57F3N2O6/c1-24(2)28(18-27-12-15-33(46-8)34(19-27)47-17-9-16-45-7)20-31(41)32(43)21-30(25(3)4)35(44)42-23-36(5,6)22-26-10-13-29(14-11-26)48-37(38,39)40/h10-15,19,24-25,28,30-32,43H,9,16-18,20-23,41H2,1-8H3,(H,42,44)/t28-,30-,31-,32-/m0/s1. The highest BCUT2D eigenvalue weighted by molar-refractivity contribution is 5.79. The van der Waals surface area contributed by atoms with Crippen molar-refractivity contribution in [1.82, 2.24) is 5.32 Å². The van der Waals surface area contributed by atoms with E-state index >= 15 is 0 Å². The fourth-order valence-corrected chi connectivity index (χ4v) is 5.75. The smallest absolute Gasteiger partial charge is 0.493 e. The molecule has 0 aliphatic carbocycles. The molecule has 0 saturated heterocycles. The van der Waals surface area contributed by atoms with Crippen LogP contribution in [0.25, 0.3) is 0 Å². The molecule has 0 aliphatic heterocycles. The Kier molecular flexibility index (Phi) is 16.5. The van der Waals surface area contributed by atoms with E-state index in [1.54, 1.807) is 26.4 Å². The minimum absolute atomic E-state index is 0.0290. The van der Waals surface area contributed by atoms with Gasteiger partial charge in [0.15, 0.2) is 11.5 Å². The van der Waals surface area contributed by atoms with E-state index < -0.39 is 24.4 Å². The van der Waals surface area contributed by atoms with Gasteiger partial charge in [-0.1, -0.05) is 59.7 Å². The molecule has 0 unspecified atom stereocenters. The number of nitrogens with one attached hydrogen (secondary N) is 1. The maximum atomic E-state index is 13.4. The number of aliphatic hydroxyl groups excluding tert-OH is 1. The molecule has 48 heavy (non-hydrogen) atoms. The van der Waals surface area contributed by atoms with E-state index in [0.717, 1.165) is 24.0 Å². The van der Waals surface area contributed by atoms with Crippen LogP contribution in [0.3, 0.4) is 0 Å². The predicted octanol–water partition coefficient (Wildman–Crippen LogP) is 6.95. The van der Waals surface area contributed by atoms with E-state index in [2.05, 4.69) is 23.9 Å². The van der Waals surface area contributed by atoms with Gasteiger partial charge < -0.3 is 35.1 Å². The van der Waals surface area contributed by atoms with E-state index in [4.69, 9.17) is 19.9 Å². The number of rotatable bonds is 21. The van der Waals surface area contributed by atoms with Gasteiger partial charge in [-0.05, 0) is 84.2 Å². The highest BCUT2D eigenvalue weighted by atomic mass is 19.4. The van der Waals surface area contributed by atoms with Gasteiger partial charge in [-0.2, -0.15) is 0 Å². The molecule has 0 heterocycles. The number of carbonyl (C=O) groups excluding carboxylic acids is 1. The third-order valence-corrected chi connectivity index (χ3v) is 8.71. The zero-order valence-electron chi connectivity index (χ0n) is 29.9. The van der Waals surface area contributed by atoms with Crippen molar-refractivity contribution < 1.29 is 42.0 Å². The Bertz CT molecular complexity index is 1240. The van der Waals surface area contributed by atoms with Crippen LogP contribution >= 0.6 is 0 Å². The molecule has 8 nitrogen and oxygen atoms in total. The summed E-state index contributed by atoms with van der Waals surface area (Å²) in [6, 6.07) is 11.2. The summed E-state index contributed by atoms with van der Waals surface area (Å²) in [4.78, 5) is 13.4. The number of benzene rings is 2. The third-order valence-electron chi connectivity index (χ3n) is 8.71. The molecule has 2 aromatic rings. The van der Waals surface area contributed by atoms with Gasteiger partial charge in [0.1, 0.15) is 5.75 Å². The molecular weight excluding hydrogens is 625 g/mol. The molecule has 0 aromatic heterocycles. The van der Waals surface area contributed by atoms with Crippen molar-refractivity contribution in [2.75, 3.05) is 34.0 Å². The lowest BCUT2D eigenvalue weighted by Crippen LogP contribution is -2.44. The second kappa shape index (κ2) is 19.2. The molecule has 2 rings (SSSR count). The second-order valence-corrected chi connectivity index (χ2v) is 14.2. The van der Waals surface area contributed by atoms with Gasteiger partial charge in [-0.15, -0.1) is 13.2 Å². The van der Waals surface area contributed by atoms with Gasteiger partial charge in [-0.25, -0.2) is 0 Å². The first kappa shape index (κ1) is 41.2. The highest BCUT2D eigenvalue weighted by Crippen LogP contribution is 2.32. The molecule has 0 fully saturated rings. The summed E-state index contributed by atoms with van der Waals surface area (Å²) < 4.78 is 58.0. The molecule has 0 radical (unpaired) electrons. The van der Waals surface area contributed by atoms with Crippen LogP contribution in [0.15, 0.2) is 42.5 Å². The van der Waals surface area contributed by atoms with Crippen molar-refractivity contribution in [2.24, 2.45) is 34.8 Å². The molecule has 0 bridgehead atoms. The minimum Gasteiger partial charge on any atom is -0.493 e. The minimum atomic E-state index is -4.74. The van der Waals surface area contributed by atoms with Crippen molar-refractivity contribution in [1.29, 1.82) is 0 Å². The highest BCUT2D eigenvalue weighted by Gasteiger charge is 2.32. The summed E-state index contributed by atoms with van der Waals surface area (Å²) in [5.41, 5.74) is 8.13. The molecule has 2 aromatic carbocycles. The molecule has 1 amide bonds. The Hall–Kier alpha value is -3.02. The summed E-state index contributed by atoms with van der Waals surface area (Å²) in [5.74, 6) is 0.926. The van der Waals surface area contributed by atoms with Gasteiger partial charge >= 0.3 is 6.36 Å². The van der Waals surface area contributed by atoms with Crippen LogP contribution in [0, 0.1) is 29.1 Å². The van der Waals surface area contributed by atoms with Crippen molar-refractivity contribution in [3.05, 3.63) is 53.6 Å². The number of methoxy groups -OCH3 is 2. The SMILES string of the molecule is COCCCOc1cc(C[C@@H](C[C@H](N)[C@@H](O)C[C@H](C(=O)NCC(C)(C)Cc2ccc(OC(F)(F)F)cc2)C(C)C)C(C)C)ccc1OC. The van der Waals surface area contributed by atoms with Gasteiger partial charge in [0.2, 0.25) is 5.91 Å². The van der Waals surface area contributed by atoms with Crippen LogP contribution in [0.4, 0.5) is 13.2 Å². The van der Waals surface area contributed by atoms with E-state index in [1.165, 1.54) is 12.1 Å². The van der Waals surface area contributed by atoms with Crippen LogP contribution in [-0.4, -0.2) is 63.5 Å². The third kappa shape index (κ3) is 14.6. The van der Waals surface area contributed by atoms with E-state index in [9.17, 15) is 23.1 Å². The summed E-state index contributed by atoms with van der Waals surface area (Å²) in [6.07, 6.45) is -2.75. The number of hydrogen-bond acceptors (Lipinski definition) is 7. The monoisotopic (exact) mass is 682 g/mol. The van der Waals surface area contributed by atoms with Gasteiger partial charge in [0, 0.05) is 38.6 Å². The summed E-state index contributed by atoms with van der Waals surface area (Å²) in [5, 5.41) is 14.3. The summed E-state index contributed by atoms with van der Waals surface area (Å²) in [6.45, 7) is 13.6. The van der Waals surface area contributed by atoms with Crippen LogP contribution in [0.1, 0.15) is 71.9 Å². The summed E-state index contributed by atoms with van der Waals surface area (Å²) >= 11 is 0. The van der Waals surface area contributed by atoms with Gasteiger partial charge in [-0.3, -0.25) is 4.79 Å². The number of amides is 1. The number of ether oxygens (including phenoxy) is 4. The average molecular weight is 683 g/mol. The van der Waals surface area contributed by atoms with Crippen molar-refractivity contribution in [2.45, 2.75) is 92.2 Å². The quantitative estimate of drug-likeness (QED) is 0.122. The Labute approximate surface area is 284 Å². The largest absolute Gasteiger partial charge is 0.573 e. The lowest BCUT2D eigenvalue weighted by atomic mass is 9.80. The fourth-order valence-electron chi connectivity index (χ4n) is 5.75. The van der Waals surface area contributed by atoms with Gasteiger partial charge in [0.05, 0.1) is 19.8 Å². The van der Waals surface area contributed by atoms with Crippen LogP contribution in [-0.2, 0) is 22.4 Å². The van der Waals surface area contributed by atoms with Crippen molar-refractivity contribution >= 4 is 5.91 Å². The molecule has 0 spiro atoms. The predicted molar refractivity (Wildman–Crippen MR) is 182 cm³/mol. The van der Waals surface area contributed by atoms with Crippen LogP contribution in [0.5, 0.6) is 17.2 Å². The van der Waals surface area contributed by atoms with E-state index in [1.807, 2.05) is 45.9 Å². The Morgan fingerprint density at radius 3 is 2.12 bits per heavy atom. The maximum absolute atomic E-state index is 13.4. The zero-order valence-corrected chi connectivity index (χ0v) is 29.9. The van der Waals surface area contributed by atoms with Crippen molar-refractivity contribution in [3.8, 4) is 17.2 Å². The molecule has 0 aliphatic rings. The second-order valence-electron chi connectivity index (χ2n) is 14.2. The summed E-state index contributed by atoms with van der Waals surface area (Å²) in [7, 11) is 3.27. The lowest BCUT2D eigenvalue weighted by Gasteiger charge is -2.31. The molecule has 272 valence electrons. The topological polar surface area (TPSA) is 112 Å². The normalized spacial score (nSPS) is 14.8. The van der Waals surface area contributed by atoms with E-state index in [0.29, 0.717) is 50.0 Å². The average Bonchev–Trinajstić information content (AvgIpc) is 3.00. The molecule has 0 saturated carbocycles. The van der Waals surface area contributed by atoms with Crippen LogP contribution < -0.4 is 25.3 Å². The zero-order chi connectivity index (χ0) is 36.1. The maximum Gasteiger partial charge on any atom is 0.573 e. The molecular formula is C37H57F3N2O6. The van der Waals surface area contributed by atoms with Crippen molar-refractivity contribution in [3.63, 3.8) is 0 Å². The van der Waals surface area contributed by atoms with Gasteiger partial charge in [0.25, 0.3) is 0 Å². The molecule has 11 heteroatoms. The number of halogens is 3. The number of alkyl halides is 3. The Morgan fingerprint density at radius 1 is 0.917 bits per heavy atom. The molecule has 4 atom stereocenters. The molecule has 4 N–H and O–H groups in total. The Morgan fingerprint density at radius 2 is 1.56 bits per heavy atom.